The first kappa shape index (κ1) is 9.16. The standard InChI is InChI=1S/C11H8N4/c12-8-14-11-13-7-6-10(15-11)9-4-2-1-3-5-9/h1-7H,(H,13,14,15). The van der Waals surface area contributed by atoms with E-state index in [1.165, 1.54) is 0 Å². The Morgan fingerprint density at radius 3 is 2.67 bits per heavy atom. The Bertz CT molecular complexity index is 487. The maximum atomic E-state index is 8.44. The quantitative estimate of drug-likeness (QED) is 0.589. The number of nitriles is 1. The zero-order chi connectivity index (χ0) is 10.5. The van der Waals surface area contributed by atoms with Crippen LogP contribution in [0.3, 0.4) is 0 Å². The van der Waals surface area contributed by atoms with Gasteiger partial charge in [0.15, 0.2) is 6.19 Å². The van der Waals surface area contributed by atoms with Crippen LogP contribution in [0.4, 0.5) is 5.95 Å². The van der Waals surface area contributed by atoms with E-state index in [1.54, 1.807) is 18.5 Å². The van der Waals surface area contributed by atoms with Crippen molar-refractivity contribution in [2.45, 2.75) is 0 Å². The third-order valence-corrected chi connectivity index (χ3v) is 1.89. The first-order chi connectivity index (χ1) is 7.40. The molecule has 1 heterocycles. The molecule has 4 heteroatoms. The van der Waals surface area contributed by atoms with Gasteiger partial charge in [-0.1, -0.05) is 30.3 Å². The summed E-state index contributed by atoms with van der Waals surface area (Å²) in [7, 11) is 0. The van der Waals surface area contributed by atoms with Gasteiger partial charge >= 0.3 is 0 Å². The molecule has 0 spiro atoms. The Morgan fingerprint density at radius 2 is 1.93 bits per heavy atom. The van der Waals surface area contributed by atoms with Crippen molar-refractivity contribution in [3.8, 4) is 17.5 Å². The highest BCUT2D eigenvalue weighted by Crippen LogP contribution is 2.16. The first-order valence-corrected chi connectivity index (χ1v) is 4.44. The molecule has 1 aromatic carbocycles. The molecule has 0 aliphatic rings. The summed E-state index contributed by atoms with van der Waals surface area (Å²) in [6, 6.07) is 11.5. The van der Waals surface area contributed by atoms with E-state index < -0.39 is 0 Å². The second-order valence-electron chi connectivity index (χ2n) is 2.87. The molecular formula is C11H8N4. The maximum absolute atomic E-state index is 8.44. The zero-order valence-corrected chi connectivity index (χ0v) is 7.88. The van der Waals surface area contributed by atoms with Crippen molar-refractivity contribution in [3.05, 3.63) is 42.6 Å². The number of anilines is 1. The molecule has 2 rings (SSSR count). The van der Waals surface area contributed by atoms with Gasteiger partial charge in [0, 0.05) is 11.8 Å². The summed E-state index contributed by atoms with van der Waals surface area (Å²) >= 11 is 0. The molecule has 72 valence electrons. The number of rotatable bonds is 2. The van der Waals surface area contributed by atoms with Crippen molar-refractivity contribution < 1.29 is 0 Å². The fourth-order valence-electron chi connectivity index (χ4n) is 1.24. The monoisotopic (exact) mass is 196 g/mol. The minimum Gasteiger partial charge on any atom is -0.261 e. The Labute approximate surface area is 87.2 Å². The molecule has 4 nitrogen and oxygen atoms in total. The van der Waals surface area contributed by atoms with Crippen LogP contribution in [0.1, 0.15) is 0 Å². The van der Waals surface area contributed by atoms with Crippen molar-refractivity contribution in [3.63, 3.8) is 0 Å². The fraction of sp³-hybridized carbons (Fsp3) is 0. The van der Waals surface area contributed by atoms with Crippen molar-refractivity contribution in [1.82, 2.24) is 9.97 Å². The van der Waals surface area contributed by atoms with Gasteiger partial charge in [-0.25, -0.2) is 9.97 Å². The van der Waals surface area contributed by atoms with Crippen molar-refractivity contribution in [2.24, 2.45) is 0 Å². The van der Waals surface area contributed by atoms with Crippen LogP contribution in [-0.4, -0.2) is 9.97 Å². The van der Waals surface area contributed by atoms with Gasteiger partial charge in [0.25, 0.3) is 0 Å². The summed E-state index contributed by atoms with van der Waals surface area (Å²) in [5.41, 5.74) is 1.80. The van der Waals surface area contributed by atoms with Crippen LogP contribution < -0.4 is 5.32 Å². The van der Waals surface area contributed by atoms with Gasteiger partial charge in [0.2, 0.25) is 5.95 Å². The molecule has 0 amide bonds. The largest absolute Gasteiger partial charge is 0.261 e. The molecule has 2 aromatic rings. The minimum atomic E-state index is 0.318. The lowest BCUT2D eigenvalue weighted by atomic mass is 10.1. The molecule has 0 saturated heterocycles. The van der Waals surface area contributed by atoms with E-state index in [0.29, 0.717) is 5.95 Å². The predicted octanol–water partition coefficient (Wildman–Crippen LogP) is 2.04. The van der Waals surface area contributed by atoms with Crippen LogP contribution in [0, 0.1) is 11.5 Å². The lowest BCUT2D eigenvalue weighted by Gasteiger charge is -2.01. The highest BCUT2D eigenvalue weighted by Gasteiger charge is 2.00. The topological polar surface area (TPSA) is 61.6 Å². The van der Waals surface area contributed by atoms with E-state index >= 15 is 0 Å². The van der Waals surface area contributed by atoms with Gasteiger partial charge < -0.3 is 0 Å². The SMILES string of the molecule is N#CNc1nccc(-c2ccccc2)n1. The van der Waals surface area contributed by atoms with Gasteiger partial charge in [-0.15, -0.1) is 0 Å². The van der Waals surface area contributed by atoms with Crippen LogP contribution in [0.15, 0.2) is 42.6 Å². The predicted molar refractivity (Wildman–Crippen MR) is 56.7 cm³/mol. The normalized spacial score (nSPS) is 9.27. The summed E-state index contributed by atoms with van der Waals surface area (Å²) in [5, 5.41) is 10.8. The smallest absolute Gasteiger partial charge is 0.236 e. The number of benzene rings is 1. The molecule has 0 bridgehead atoms. The number of nitrogens with zero attached hydrogens (tertiary/aromatic N) is 3. The summed E-state index contributed by atoms with van der Waals surface area (Å²) < 4.78 is 0. The van der Waals surface area contributed by atoms with Gasteiger partial charge in [-0.3, -0.25) is 5.32 Å². The molecule has 0 aliphatic carbocycles. The molecule has 0 radical (unpaired) electrons. The van der Waals surface area contributed by atoms with E-state index in [-0.39, 0.29) is 0 Å². The van der Waals surface area contributed by atoms with Gasteiger partial charge in [-0.05, 0) is 6.07 Å². The second kappa shape index (κ2) is 4.20. The minimum absolute atomic E-state index is 0.318. The summed E-state index contributed by atoms with van der Waals surface area (Å²) in [4.78, 5) is 8.10. The third-order valence-electron chi connectivity index (χ3n) is 1.89. The summed E-state index contributed by atoms with van der Waals surface area (Å²) in [5.74, 6) is 0.318. The first-order valence-electron chi connectivity index (χ1n) is 4.44. The fourth-order valence-corrected chi connectivity index (χ4v) is 1.24. The lowest BCUT2D eigenvalue weighted by molar-refractivity contribution is 1.17. The zero-order valence-electron chi connectivity index (χ0n) is 7.88. The van der Waals surface area contributed by atoms with Crippen LogP contribution >= 0.6 is 0 Å². The van der Waals surface area contributed by atoms with Crippen molar-refractivity contribution in [2.75, 3.05) is 5.32 Å². The number of aromatic nitrogens is 2. The number of nitrogens with one attached hydrogen (secondary N) is 1. The van der Waals surface area contributed by atoms with E-state index in [9.17, 15) is 0 Å². The molecule has 0 atom stereocenters. The highest BCUT2D eigenvalue weighted by atomic mass is 15.1. The number of hydrogen-bond acceptors (Lipinski definition) is 4. The van der Waals surface area contributed by atoms with E-state index in [0.717, 1.165) is 11.3 Å². The maximum Gasteiger partial charge on any atom is 0.236 e. The molecular weight excluding hydrogens is 188 g/mol. The Kier molecular flexibility index (Phi) is 2.56. The van der Waals surface area contributed by atoms with E-state index in [4.69, 9.17) is 5.26 Å². The molecule has 15 heavy (non-hydrogen) atoms. The Hall–Kier alpha value is -2.41. The third kappa shape index (κ3) is 2.09. The van der Waals surface area contributed by atoms with Crippen LogP contribution in [0.2, 0.25) is 0 Å². The van der Waals surface area contributed by atoms with Gasteiger partial charge in [0.05, 0.1) is 5.69 Å². The summed E-state index contributed by atoms with van der Waals surface area (Å²) in [6.45, 7) is 0. The van der Waals surface area contributed by atoms with Gasteiger partial charge in [0.1, 0.15) is 0 Å². The van der Waals surface area contributed by atoms with Crippen molar-refractivity contribution >= 4 is 5.95 Å². The van der Waals surface area contributed by atoms with E-state index in [1.807, 2.05) is 30.3 Å². The number of hydrogen-bond donors (Lipinski definition) is 1. The molecule has 1 aromatic heterocycles. The van der Waals surface area contributed by atoms with Crippen molar-refractivity contribution in [1.29, 1.82) is 5.26 Å². The Morgan fingerprint density at radius 1 is 1.13 bits per heavy atom. The lowest BCUT2D eigenvalue weighted by Crippen LogP contribution is -1.96. The molecule has 0 aliphatic heterocycles. The van der Waals surface area contributed by atoms with Crippen LogP contribution in [0.5, 0.6) is 0 Å². The molecule has 0 unspecified atom stereocenters. The summed E-state index contributed by atoms with van der Waals surface area (Å²) in [6.07, 6.45) is 3.41. The van der Waals surface area contributed by atoms with Crippen LogP contribution in [0.25, 0.3) is 11.3 Å². The van der Waals surface area contributed by atoms with Crippen LogP contribution in [-0.2, 0) is 0 Å². The molecule has 0 fully saturated rings. The van der Waals surface area contributed by atoms with Gasteiger partial charge in [-0.2, -0.15) is 5.26 Å². The van der Waals surface area contributed by atoms with E-state index in [2.05, 4.69) is 15.3 Å². The second-order valence-corrected chi connectivity index (χ2v) is 2.87. The average molecular weight is 196 g/mol. The molecule has 1 N–H and O–H groups in total. The highest BCUT2D eigenvalue weighted by molar-refractivity contribution is 5.59. The molecule has 0 saturated carbocycles. The average Bonchev–Trinajstić information content (AvgIpc) is 2.31. The Balaban J connectivity index is 2.38.